The number of para-hydroxylation sites is 1. The number of hydrogen-bond acceptors (Lipinski definition) is 13. The number of halogens is 1. The number of furan rings is 1. The van der Waals surface area contributed by atoms with Crippen LogP contribution in [0, 0.1) is 19.7 Å². The molecule has 3 heterocycles. The van der Waals surface area contributed by atoms with Gasteiger partial charge in [0.2, 0.25) is 26.0 Å². The molecule has 360 valence electrons. The Bertz CT molecular complexity index is 2910. The molecule has 2 unspecified atom stereocenters. The highest BCUT2D eigenvalue weighted by atomic mass is 28.4. The molecule has 0 radical (unpaired) electrons. The highest BCUT2D eigenvalue weighted by molar-refractivity contribution is 6.74. The number of benzene rings is 4. The lowest BCUT2D eigenvalue weighted by Gasteiger charge is -2.36. The molecular formula is C53H57FN4O10Si. The molecule has 14 nitrogen and oxygen atoms in total. The van der Waals surface area contributed by atoms with Crippen LogP contribution in [0.5, 0.6) is 28.9 Å². The van der Waals surface area contributed by atoms with Gasteiger partial charge in [0.1, 0.15) is 59.0 Å². The van der Waals surface area contributed by atoms with Gasteiger partial charge in [-0.1, -0.05) is 39.0 Å². The van der Waals surface area contributed by atoms with Crippen molar-refractivity contribution < 1.29 is 51.9 Å². The van der Waals surface area contributed by atoms with Gasteiger partial charge in [0, 0.05) is 29.3 Å². The lowest BCUT2D eigenvalue weighted by molar-refractivity contribution is -0.145. The molecule has 2 N–H and O–H groups in total. The van der Waals surface area contributed by atoms with Gasteiger partial charge < -0.3 is 42.7 Å². The summed E-state index contributed by atoms with van der Waals surface area (Å²) in [5.74, 6) is 1.09. The predicted molar refractivity (Wildman–Crippen MR) is 263 cm³/mol. The van der Waals surface area contributed by atoms with Gasteiger partial charge in [0.15, 0.2) is 5.82 Å². The fourth-order valence-corrected chi connectivity index (χ4v) is 8.52. The minimum Gasteiger partial charge on any atom is -0.543 e. The van der Waals surface area contributed by atoms with Crippen molar-refractivity contribution in [3.8, 4) is 62.7 Å². The summed E-state index contributed by atoms with van der Waals surface area (Å²) in [5.41, 5.74) is 5.11. The lowest BCUT2D eigenvalue weighted by atomic mass is 9.92. The first-order chi connectivity index (χ1) is 33.0. The van der Waals surface area contributed by atoms with Crippen molar-refractivity contribution >= 4 is 25.4 Å². The van der Waals surface area contributed by atoms with E-state index in [1.165, 1.54) is 18.5 Å². The van der Waals surface area contributed by atoms with Crippen LogP contribution in [0.4, 0.5) is 4.39 Å². The number of carbonyl (C=O) groups is 1. The molecule has 7 aromatic rings. The lowest BCUT2D eigenvalue weighted by Crippen LogP contribution is -2.43. The number of ether oxygens (including phenoxy) is 5. The molecule has 3 aromatic heterocycles. The molecular weight excluding hydrogens is 900 g/mol. The van der Waals surface area contributed by atoms with E-state index in [0.717, 1.165) is 11.1 Å². The van der Waals surface area contributed by atoms with E-state index in [2.05, 4.69) is 55.4 Å². The van der Waals surface area contributed by atoms with Crippen LogP contribution in [-0.2, 0) is 22.6 Å². The third-order valence-corrected chi connectivity index (χ3v) is 16.3. The first kappa shape index (κ1) is 49.8. The van der Waals surface area contributed by atoms with Crippen LogP contribution in [0.15, 0.2) is 115 Å². The number of methoxy groups -OCH3 is 1. The second-order valence-corrected chi connectivity index (χ2v) is 22.7. The summed E-state index contributed by atoms with van der Waals surface area (Å²) in [6.45, 7) is 18.3. The highest BCUT2D eigenvalue weighted by Crippen LogP contribution is 2.47. The summed E-state index contributed by atoms with van der Waals surface area (Å²) in [7, 11) is -0.760. The molecule has 4 aromatic carbocycles. The molecule has 7 rings (SSSR count). The SMILES string of the molecule is C=CCOCC(CO)Oc1cc(C)c(-c2c(-c3ccc(F)cc3)oc3ncnc(OC(Cc4cc(O[Si](C)(C)C(C)(C)C)ccc4OCc4ccnc(-c5ccccc5OC)n4)C(=O)O)c23)c(C)c1. The molecule has 16 heteroatoms. The quantitative estimate of drug-likeness (QED) is 0.0395. The van der Waals surface area contributed by atoms with Crippen LogP contribution < -0.4 is 23.4 Å². The van der Waals surface area contributed by atoms with Gasteiger partial charge in [0.05, 0.1) is 38.2 Å². The van der Waals surface area contributed by atoms with Crippen molar-refractivity contribution in [2.45, 2.75) is 78.0 Å². The summed E-state index contributed by atoms with van der Waals surface area (Å²) >= 11 is 0. The van der Waals surface area contributed by atoms with Crippen molar-refractivity contribution in [3.05, 3.63) is 138 Å². The van der Waals surface area contributed by atoms with Gasteiger partial charge in [-0.15, -0.1) is 6.58 Å². The molecule has 0 saturated carbocycles. The third-order valence-electron chi connectivity index (χ3n) is 11.9. The van der Waals surface area contributed by atoms with Crippen molar-refractivity contribution in [3.63, 3.8) is 0 Å². The number of nitrogens with zero attached hydrogens (tertiary/aromatic N) is 4. The smallest absolute Gasteiger partial charge is 0.345 e. The summed E-state index contributed by atoms with van der Waals surface area (Å²) in [5, 5.41) is 21.1. The molecule has 2 atom stereocenters. The van der Waals surface area contributed by atoms with Gasteiger partial charge in [-0.05, 0) is 121 Å². The summed E-state index contributed by atoms with van der Waals surface area (Å²) in [6.07, 6.45) is 2.16. The number of hydrogen-bond donors (Lipinski definition) is 2. The molecule has 0 amide bonds. The van der Waals surface area contributed by atoms with E-state index in [0.29, 0.717) is 80.1 Å². The van der Waals surface area contributed by atoms with E-state index >= 15 is 0 Å². The van der Waals surface area contributed by atoms with Crippen molar-refractivity contribution in [1.82, 2.24) is 19.9 Å². The Labute approximate surface area is 401 Å². The van der Waals surface area contributed by atoms with E-state index in [1.807, 2.05) is 56.3 Å². The van der Waals surface area contributed by atoms with Crippen LogP contribution in [0.2, 0.25) is 18.1 Å². The van der Waals surface area contributed by atoms with Crippen molar-refractivity contribution in [1.29, 1.82) is 0 Å². The Morgan fingerprint density at radius 1 is 0.913 bits per heavy atom. The fourth-order valence-electron chi connectivity index (χ4n) is 7.49. The normalized spacial score (nSPS) is 12.6. The predicted octanol–water partition coefficient (Wildman–Crippen LogP) is 10.8. The van der Waals surface area contributed by atoms with E-state index in [4.69, 9.17) is 37.5 Å². The van der Waals surface area contributed by atoms with Gasteiger partial charge in [-0.25, -0.2) is 29.1 Å². The largest absolute Gasteiger partial charge is 0.543 e. The zero-order valence-corrected chi connectivity index (χ0v) is 41.0. The number of carboxylic acids is 1. The fraction of sp³-hybridized carbons (Fsp3) is 0.302. The minimum atomic E-state index is -2.35. The topological polar surface area (TPSA) is 178 Å². The Hall–Kier alpha value is -7.14. The van der Waals surface area contributed by atoms with Gasteiger partial charge in [-0.2, -0.15) is 0 Å². The minimum absolute atomic E-state index is 0.0298. The summed E-state index contributed by atoms with van der Waals surface area (Å²) < 4.78 is 57.6. The van der Waals surface area contributed by atoms with Crippen LogP contribution in [0.1, 0.15) is 43.2 Å². The number of aryl methyl sites for hydroxylation is 2. The molecule has 0 fully saturated rings. The Kier molecular flexibility index (Phi) is 15.5. The molecule has 69 heavy (non-hydrogen) atoms. The summed E-state index contributed by atoms with van der Waals surface area (Å²) in [6, 6.07) is 24.0. The maximum Gasteiger partial charge on any atom is 0.345 e. The van der Waals surface area contributed by atoms with E-state index in [1.54, 1.807) is 49.7 Å². The average Bonchev–Trinajstić information content (AvgIpc) is 3.70. The van der Waals surface area contributed by atoms with E-state index in [-0.39, 0.29) is 42.9 Å². The first-order valence-electron chi connectivity index (χ1n) is 22.4. The second kappa shape index (κ2) is 21.4. The van der Waals surface area contributed by atoms with E-state index in [9.17, 15) is 19.4 Å². The molecule has 0 bridgehead atoms. The molecule has 0 aliphatic heterocycles. The van der Waals surface area contributed by atoms with E-state index < -0.39 is 32.3 Å². The number of fused-ring (bicyclic) bond motifs is 1. The second-order valence-electron chi connectivity index (χ2n) is 18.0. The zero-order valence-electron chi connectivity index (χ0n) is 40.0. The third kappa shape index (κ3) is 11.6. The number of carboxylic acid groups (broad SMARTS) is 1. The first-order valence-corrected chi connectivity index (χ1v) is 25.3. The zero-order chi connectivity index (χ0) is 49.5. The van der Waals surface area contributed by atoms with Gasteiger partial charge in [0.25, 0.3) is 0 Å². The average molecular weight is 957 g/mol. The Morgan fingerprint density at radius 2 is 1.65 bits per heavy atom. The van der Waals surface area contributed by atoms with Gasteiger partial charge in [-0.3, -0.25) is 0 Å². The Balaban J connectivity index is 1.28. The maximum atomic E-state index is 14.3. The van der Waals surface area contributed by atoms with Crippen LogP contribution >= 0.6 is 0 Å². The number of aliphatic hydroxyl groups excluding tert-OH is 1. The maximum absolute atomic E-state index is 14.3. The number of aliphatic hydroxyl groups is 1. The number of aliphatic carboxylic acids is 1. The van der Waals surface area contributed by atoms with Crippen LogP contribution in [0.3, 0.4) is 0 Å². The van der Waals surface area contributed by atoms with Crippen molar-refractivity contribution in [2.24, 2.45) is 0 Å². The molecule has 0 aliphatic carbocycles. The molecule has 0 spiro atoms. The van der Waals surface area contributed by atoms with Gasteiger partial charge >= 0.3 is 5.97 Å². The van der Waals surface area contributed by atoms with Crippen molar-refractivity contribution in [2.75, 3.05) is 26.9 Å². The molecule has 0 aliphatic rings. The Morgan fingerprint density at radius 3 is 2.33 bits per heavy atom. The highest BCUT2D eigenvalue weighted by Gasteiger charge is 2.39. The van der Waals surface area contributed by atoms with Crippen LogP contribution in [-0.4, -0.2) is 83.6 Å². The standard InChI is InChI=1S/C53H57FN4O10Si/c1-10-23-63-30-40(28-59)65-39-24-32(2)45(33(3)25-39)46-47-50(56-31-57-51(47)67-48(46)34-15-17-36(54)18-16-34)66-44(52(60)61)27-35-26-38(68-69(8,9)53(4,5)6)19-20-42(35)64-29-37-21-22-55-49(58-37)41-13-11-12-14-43(41)62-7/h10-22,24-26,31,40,44,59H,1,23,27-30H2,2-9H3,(H,60,61). The molecule has 0 saturated heterocycles. The number of rotatable bonds is 21. The number of aromatic nitrogens is 4. The van der Waals surface area contributed by atoms with Crippen LogP contribution in [0.25, 0.3) is 44.9 Å². The monoisotopic (exact) mass is 956 g/mol. The summed E-state index contributed by atoms with van der Waals surface area (Å²) in [4.78, 5) is 31.6.